The van der Waals surface area contributed by atoms with E-state index in [0.29, 0.717) is 0 Å². The molecule has 0 aromatic rings. The maximum atomic E-state index is 11.9. The number of hydrogen-bond acceptors (Lipinski definition) is 6. The number of carbonyl (C=O) groups is 3. The summed E-state index contributed by atoms with van der Waals surface area (Å²) in [6.45, 7) is 0.103. The van der Waals surface area contributed by atoms with Crippen molar-refractivity contribution in [1.29, 1.82) is 0 Å². The maximum absolute atomic E-state index is 11.9. The van der Waals surface area contributed by atoms with Crippen LogP contribution in [0.5, 0.6) is 0 Å². The number of esters is 1. The van der Waals surface area contributed by atoms with Crippen LogP contribution < -0.4 is 0 Å². The highest BCUT2D eigenvalue weighted by Crippen LogP contribution is 2.35. The molecule has 1 aliphatic carbocycles. The standard InChI is InChI=1S/C13H20O8/c14-3-4-20-5-6-21-13(19)9-2-1-8(11(15)16)7-10(9)12(17)18/h8-10,14H,1-7H2,(H,15,16)(H,17,18). The molecule has 3 atom stereocenters. The fourth-order valence-corrected chi connectivity index (χ4v) is 2.42. The van der Waals surface area contributed by atoms with Crippen molar-refractivity contribution in [3.63, 3.8) is 0 Å². The lowest BCUT2D eigenvalue weighted by Crippen LogP contribution is -2.38. The molecule has 0 aromatic heterocycles. The second-order valence-corrected chi connectivity index (χ2v) is 4.90. The minimum Gasteiger partial charge on any atom is -0.481 e. The molecule has 21 heavy (non-hydrogen) atoms. The van der Waals surface area contributed by atoms with Gasteiger partial charge in [0.25, 0.3) is 0 Å². The monoisotopic (exact) mass is 304 g/mol. The summed E-state index contributed by atoms with van der Waals surface area (Å²) in [6.07, 6.45) is 0.385. The summed E-state index contributed by atoms with van der Waals surface area (Å²) in [5, 5.41) is 26.6. The van der Waals surface area contributed by atoms with Crippen LogP contribution in [0, 0.1) is 17.8 Å². The largest absolute Gasteiger partial charge is 0.481 e. The first kappa shape index (κ1) is 17.4. The van der Waals surface area contributed by atoms with Gasteiger partial charge in [0, 0.05) is 0 Å². The van der Waals surface area contributed by atoms with Crippen molar-refractivity contribution in [2.45, 2.75) is 19.3 Å². The number of aliphatic carboxylic acids is 2. The first-order valence-corrected chi connectivity index (χ1v) is 6.78. The average Bonchev–Trinajstić information content (AvgIpc) is 2.46. The molecule has 1 fully saturated rings. The quantitative estimate of drug-likeness (QED) is 0.413. The van der Waals surface area contributed by atoms with Crippen molar-refractivity contribution in [2.24, 2.45) is 17.8 Å². The zero-order chi connectivity index (χ0) is 15.8. The fourth-order valence-electron chi connectivity index (χ4n) is 2.42. The molecule has 0 aliphatic heterocycles. The Hall–Kier alpha value is -1.67. The van der Waals surface area contributed by atoms with Gasteiger partial charge in [0.15, 0.2) is 0 Å². The summed E-state index contributed by atoms with van der Waals surface area (Å²) in [5.74, 6) is -5.45. The average molecular weight is 304 g/mol. The van der Waals surface area contributed by atoms with E-state index in [1.54, 1.807) is 0 Å². The Morgan fingerprint density at radius 3 is 2.24 bits per heavy atom. The van der Waals surface area contributed by atoms with Crippen molar-refractivity contribution >= 4 is 17.9 Å². The van der Waals surface area contributed by atoms with E-state index in [9.17, 15) is 14.4 Å². The Balaban J connectivity index is 2.49. The molecule has 3 unspecified atom stereocenters. The highest BCUT2D eigenvalue weighted by molar-refractivity contribution is 5.82. The van der Waals surface area contributed by atoms with Gasteiger partial charge < -0.3 is 24.8 Å². The zero-order valence-corrected chi connectivity index (χ0v) is 11.6. The molecule has 3 N–H and O–H groups in total. The van der Waals surface area contributed by atoms with Gasteiger partial charge in [0.1, 0.15) is 6.61 Å². The number of ether oxygens (including phenoxy) is 2. The van der Waals surface area contributed by atoms with E-state index >= 15 is 0 Å². The number of aliphatic hydroxyl groups is 1. The minimum atomic E-state index is -1.18. The van der Waals surface area contributed by atoms with Crippen LogP contribution in [-0.4, -0.2) is 59.7 Å². The van der Waals surface area contributed by atoms with E-state index in [4.69, 9.17) is 24.8 Å². The summed E-state index contributed by atoms with van der Waals surface area (Å²) >= 11 is 0. The predicted molar refractivity (Wildman–Crippen MR) is 68.5 cm³/mol. The van der Waals surface area contributed by atoms with Gasteiger partial charge in [-0.15, -0.1) is 0 Å². The van der Waals surface area contributed by atoms with Gasteiger partial charge in [-0.2, -0.15) is 0 Å². The Morgan fingerprint density at radius 2 is 1.67 bits per heavy atom. The van der Waals surface area contributed by atoms with Crippen molar-refractivity contribution < 1.29 is 39.2 Å². The fraction of sp³-hybridized carbons (Fsp3) is 0.769. The lowest BCUT2D eigenvalue weighted by molar-refractivity contribution is -0.163. The van der Waals surface area contributed by atoms with E-state index < -0.39 is 35.7 Å². The molecule has 0 heterocycles. The van der Waals surface area contributed by atoms with Crippen molar-refractivity contribution in [3.8, 4) is 0 Å². The Morgan fingerprint density at radius 1 is 0.952 bits per heavy atom. The van der Waals surface area contributed by atoms with Crippen LogP contribution >= 0.6 is 0 Å². The SMILES string of the molecule is O=C(O)C1CCC(C(=O)OCCOCCO)C(C(=O)O)C1. The smallest absolute Gasteiger partial charge is 0.309 e. The molecule has 0 aromatic carbocycles. The summed E-state index contributed by atoms with van der Waals surface area (Å²) < 4.78 is 9.87. The molecule has 8 nitrogen and oxygen atoms in total. The number of carboxylic acids is 2. The Bertz CT molecular complexity index is 380. The topological polar surface area (TPSA) is 130 Å². The molecule has 8 heteroatoms. The highest BCUT2D eigenvalue weighted by Gasteiger charge is 2.42. The number of aliphatic hydroxyl groups excluding tert-OH is 1. The van der Waals surface area contributed by atoms with Gasteiger partial charge in [-0.1, -0.05) is 0 Å². The van der Waals surface area contributed by atoms with Crippen molar-refractivity contribution in [3.05, 3.63) is 0 Å². The van der Waals surface area contributed by atoms with Crippen LogP contribution in [0.15, 0.2) is 0 Å². The Kier molecular flexibility index (Phi) is 7.10. The van der Waals surface area contributed by atoms with E-state index in [2.05, 4.69) is 0 Å². The van der Waals surface area contributed by atoms with Gasteiger partial charge in [-0.05, 0) is 19.3 Å². The normalized spacial score (nSPS) is 25.3. The van der Waals surface area contributed by atoms with Crippen molar-refractivity contribution in [2.75, 3.05) is 26.4 Å². The molecule has 120 valence electrons. The molecule has 1 aliphatic rings. The zero-order valence-electron chi connectivity index (χ0n) is 11.6. The van der Waals surface area contributed by atoms with E-state index in [0.717, 1.165) is 0 Å². The first-order valence-electron chi connectivity index (χ1n) is 6.78. The van der Waals surface area contributed by atoms with E-state index in [-0.39, 0.29) is 45.7 Å². The Labute approximate surface area is 121 Å². The van der Waals surface area contributed by atoms with Crippen LogP contribution in [0.1, 0.15) is 19.3 Å². The van der Waals surface area contributed by atoms with Crippen molar-refractivity contribution in [1.82, 2.24) is 0 Å². The molecule has 0 radical (unpaired) electrons. The van der Waals surface area contributed by atoms with Crippen LogP contribution in [0.4, 0.5) is 0 Å². The summed E-state index contributed by atoms with van der Waals surface area (Å²) in [5.41, 5.74) is 0. The van der Waals surface area contributed by atoms with Gasteiger partial charge in [-0.25, -0.2) is 0 Å². The number of carboxylic acid groups (broad SMARTS) is 2. The van der Waals surface area contributed by atoms with Crippen LogP contribution in [0.3, 0.4) is 0 Å². The van der Waals surface area contributed by atoms with Crippen LogP contribution in [0.2, 0.25) is 0 Å². The second-order valence-electron chi connectivity index (χ2n) is 4.90. The van der Waals surface area contributed by atoms with Gasteiger partial charge >= 0.3 is 17.9 Å². The number of carbonyl (C=O) groups excluding carboxylic acids is 1. The van der Waals surface area contributed by atoms with Crippen LogP contribution in [0.25, 0.3) is 0 Å². The highest BCUT2D eigenvalue weighted by atomic mass is 16.6. The summed E-state index contributed by atoms with van der Waals surface area (Å²) in [4.78, 5) is 34.0. The molecular formula is C13H20O8. The molecular weight excluding hydrogens is 284 g/mol. The molecule has 0 bridgehead atoms. The third kappa shape index (κ3) is 5.31. The van der Waals surface area contributed by atoms with Gasteiger partial charge in [0.2, 0.25) is 0 Å². The van der Waals surface area contributed by atoms with Gasteiger partial charge in [-0.3, -0.25) is 14.4 Å². The van der Waals surface area contributed by atoms with E-state index in [1.807, 2.05) is 0 Å². The summed E-state index contributed by atoms with van der Waals surface area (Å²) in [6, 6.07) is 0. The first-order chi connectivity index (χ1) is 9.97. The summed E-state index contributed by atoms with van der Waals surface area (Å²) in [7, 11) is 0. The molecule has 0 spiro atoms. The molecule has 1 saturated carbocycles. The van der Waals surface area contributed by atoms with Gasteiger partial charge in [0.05, 0.1) is 37.6 Å². The van der Waals surface area contributed by atoms with E-state index in [1.165, 1.54) is 0 Å². The third-order valence-corrected chi connectivity index (χ3v) is 3.53. The predicted octanol–water partition coefficient (Wildman–Crippen LogP) is -0.260. The van der Waals surface area contributed by atoms with Crippen LogP contribution in [-0.2, 0) is 23.9 Å². The second kappa shape index (κ2) is 8.58. The number of hydrogen-bond donors (Lipinski definition) is 3. The molecule has 0 saturated heterocycles. The maximum Gasteiger partial charge on any atom is 0.309 e. The molecule has 1 rings (SSSR count). The number of rotatable bonds is 8. The minimum absolute atomic E-state index is 0.0238. The molecule has 0 amide bonds. The third-order valence-electron chi connectivity index (χ3n) is 3.53. The lowest BCUT2D eigenvalue weighted by atomic mass is 9.74. The lowest BCUT2D eigenvalue weighted by Gasteiger charge is -2.30.